The number of ether oxygens (including phenoxy) is 1. The molecule has 0 amide bonds. The van der Waals surface area contributed by atoms with E-state index in [4.69, 9.17) is 10.5 Å². The fourth-order valence-electron chi connectivity index (χ4n) is 2.91. The van der Waals surface area contributed by atoms with E-state index in [1.165, 1.54) is 18.4 Å². The van der Waals surface area contributed by atoms with Gasteiger partial charge in [0.25, 0.3) is 0 Å². The Morgan fingerprint density at radius 2 is 1.72 bits per heavy atom. The summed E-state index contributed by atoms with van der Waals surface area (Å²) in [6.45, 7) is 4.72. The third-order valence-electron chi connectivity index (χ3n) is 4.02. The van der Waals surface area contributed by atoms with E-state index in [-0.39, 0.29) is 5.60 Å². The third kappa shape index (κ3) is 2.27. The van der Waals surface area contributed by atoms with Gasteiger partial charge >= 0.3 is 0 Å². The Morgan fingerprint density at radius 1 is 1.17 bits per heavy atom. The highest BCUT2D eigenvalue weighted by Crippen LogP contribution is 2.40. The van der Waals surface area contributed by atoms with Gasteiger partial charge in [0, 0.05) is 18.5 Å². The first-order valence-corrected chi connectivity index (χ1v) is 6.73. The van der Waals surface area contributed by atoms with Gasteiger partial charge in [-0.3, -0.25) is 0 Å². The van der Waals surface area contributed by atoms with Crippen molar-refractivity contribution in [1.29, 1.82) is 0 Å². The minimum Gasteiger partial charge on any atom is -0.370 e. The van der Waals surface area contributed by atoms with Crippen molar-refractivity contribution in [3.8, 4) is 0 Å². The molecule has 1 heterocycles. The minimum atomic E-state index is -0.253. The molecule has 1 aliphatic carbocycles. The van der Waals surface area contributed by atoms with E-state index in [1.54, 1.807) is 7.11 Å². The molecular weight excluding hydrogens is 226 g/mol. The van der Waals surface area contributed by atoms with Crippen LogP contribution in [0.5, 0.6) is 0 Å². The lowest BCUT2D eigenvalue weighted by atomic mass is 9.99. The largest absolute Gasteiger partial charge is 0.370 e. The quantitative estimate of drug-likeness (QED) is 0.886. The van der Waals surface area contributed by atoms with Crippen LogP contribution < -0.4 is 5.73 Å². The third-order valence-corrected chi connectivity index (χ3v) is 4.02. The summed E-state index contributed by atoms with van der Waals surface area (Å²) >= 11 is 0. The number of aromatic nitrogens is 2. The molecule has 2 rings (SSSR count). The van der Waals surface area contributed by atoms with Crippen molar-refractivity contribution in [3.05, 3.63) is 22.8 Å². The molecule has 0 saturated heterocycles. The van der Waals surface area contributed by atoms with Gasteiger partial charge in [0.2, 0.25) is 0 Å². The average molecular weight is 249 g/mol. The Labute approximate surface area is 109 Å². The summed E-state index contributed by atoms with van der Waals surface area (Å²) in [6.07, 6.45) is 5.29. The highest BCUT2D eigenvalue weighted by atomic mass is 16.5. The topological polar surface area (TPSA) is 61.0 Å². The van der Waals surface area contributed by atoms with E-state index in [1.807, 2.05) is 13.8 Å². The zero-order chi connectivity index (χ0) is 13.2. The van der Waals surface area contributed by atoms with Gasteiger partial charge in [-0.1, -0.05) is 0 Å². The van der Waals surface area contributed by atoms with Gasteiger partial charge in [-0.2, -0.15) is 0 Å². The molecule has 0 aliphatic heterocycles. The first kappa shape index (κ1) is 13.4. The number of rotatable bonds is 4. The Bertz CT molecular complexity index is 402. The van der Waals surface area contributed by atoms with E-state index in [0.717, 1.165) is 36.5 Å². The van der Waals surface area contributed by atoms with Crippen LogP contribution in [0.4, 0.5) is 0 Å². The van der Waals surface area contributed by atoms with Crippen molar-refractivity contribution in [2.24, 2.45) is 5.73 Å². The Morgan fingerprint density at radius 3 is 2.17 bits per heavy atom. The van der Waals surface area contributed by atoms with E-state index in [2.05, 4.69) is 9.97 Å². The van der Waals surface area contributed by atoms with Crippen molar-refractivity contribution < 1.29 is 4.74 Å². The van der Waals surface area contributed by atoms with Crippen LogP contribution in [0.25, 0.3) is 0 Å². The lowest BCUT2D eigenvalue weighted by Crippen LogP contribution is -2.28. The van der Waals surface area contributed by atoms with Crippen LogP contribution in [0.2, 0.25) is 0 Å². The molecule has 1 aromatic rings. The predicted octanol–water partition coefficient (Wildman–Crippen LogP) is 2.01. The van der Waals surface area contributed by atoms with Gasteiger partial charge in [-0.15, -0.1) is 0 Å². The van der Waals surface area contributed by atoms with Crippen LogP contribution in [-0.4, -0.2) is 23.6 Å². The fraction of sp³-hybridized carbons (Fsp3) is 0.714. The van der Waals surface area contributed by atoms with Crippen LogP contribution >= 0.6 is 0 Å². The molecule has 1 fully saturated rings. The summed E-state index contributed by atoms with van der Waals surface area (Å²) in [4.78, 5) is 9.37. The number of nitrogens with two attached hydrogens (primary N) is 1. The first-order chi connectivity index (χ1) is 8.63. The molecular formula is C14H23N3O. The molecule has 1 aromatic heterocycles. The maximum atomic E-state index is 5.74. The van der Waals surface area contributed by atoms with Gasteiger partial charge in [0.05, 0.1) is 0 Å². The number of aryl methyl sites for hydroxylation is 2. The maximum absolute atomic E-state index is 5.74. The van der Waals surface area contributed by atoms with Gasteiger partial charge in [-0.25, -0.2) is 9.97 Å². The van der Waals surface area contributed by atoms with Crippen LogP contribution in [0.15, 0.2) is 0 Å². The molecule has 100 valence electrons. The molecule has 0 atom stereocenters. The molecule has 0 bridgehead atoms. The predicted molar refractivity (Wildman–Crippen MR) is 71.4 cm³/mol. The standard InChI is InChI=1S/C14H23N3O/c1-10-12(6-9-15)11(2)17-13(16-10)14(18-3)7-4-5-8-14/h4-9,15H2,1-3H3. The smallest absolute Gasteiger partial charge is 0.160 e. The summed E-state index contributed by atoms with van der Waals surface area (Å²) in [5.41, 5.74) is 8.66. The van der Waals surface area contributed by atoms with E-state index in [9.17, 15) is 0 Å². The Hall–Kier alpha value is -1.00. The second-order valence-electron chi connectivity index (χ2n) is 5.14. The lowest BCUT2D eigenvalue weighted by Gasteiger charge is -2.26. The Kier molecular flexibility index (Phi) is 3.97. The molecule has 1 aliphatic rings. The second kappa shape index (κ2) is 5.33. The molecule has 1 saturated carbocycles. The molecule has 4 heteroatoms. The number of hydrogen-bond donors (Lipinski definition) is 1. The zero-order valence-electron chi connectivity index (χ0n) is 11.6. The Balaban J connectivity index is 2.40. The van der Waals surface area contributed by atoms with Crippen LogP contribution in [-0.2, 0) is 16.8 Å². The molecule has 0 unspecified atom stereocenters. The second-order valence-corrected chi connectivity index (χ2v) is 5.14. The maximum Gasteiger partial charge on any atom is 0.160 e. The molecule has 0 aromatic carbocycles. The molecule has 4 nitrogen and oxygen atoms in total. The molecule has 2 N–H and O–H groups in total. The van der Waals surface area contributed by atoms with Gasteiger partial charge < -0.3 is 10.5 Å². The van der Waals surface area contributed by atoms with E-state index >= 15 is 0 Å². The summed E-state index contributed by atoms with van der Waals surface area (Å²) in [6, 6.07) is 0. The number of nitrogens with zero attached hydrogens (tertiary/aromatic N) is 2. The van der Waals surface area contributed by atoms with Crippen molar-refractivity contribution in [3.63, 3.8) is 0 Å². The summed E-state index contributed by atoms with van der Waals surface area (Å²) in [5, 5.41) is 0. The van der Waals surface area contributed by atoms with Crippen molar-refractivity contribution in [1.82, 2.24) is 9.97 Å². The SMILES string of the molecule is COC1(c2nc(C)c(CCN)c(C)n2)CCCC1. The monoisotopic (exact) mass is 249 g/mol. The number of hydrogen-bond acceptors (Lipinski definition) is 4. The van der Waals surface area contributed by atoms with Gasteiger partial charge in [-0.05, 0) is 58.1 Å². The van der Waals surface area contributed by atoms with Crippen LogP contribution in [0.1, 0.15) is 48.5 Å². The van der Waals surface area contributed by atoms with E-state index in [0.29, 0.717) is 6.54 Å². The first-order valence-electron chi connectivity index (χ1n) is 6.73. The molecule has 0 spiro atoms. The zero-order valence-corrected chi connectivity index (χ0v) is 11.6. The summed E-state index contributed by atoms with van der Waals surface area (Å²) < 4.78 is 5.74. The molecule has 18 heavy (non-hydrogen) atoms. The van der Waals surface area contributed by atoms with Crippen molar-refractivity contribution in [2.45, 2.75) is 51.6 Å². The number of methoxy groups -OCH3 is 1. The highest BCUT2D eigenvalue weighted by Gasteiger charge is 2.38. The van der Waals surface area contributed by atoms with Gasteiger partial charge in [0.1, 0.15) is 5.60 Å². The van der Waals surface area contributed by atoms with Crippen molar-refractivity contribution in [2.75, 3.05) is 13.7 Å². The average Bonchev–Trinajstić information content (AvgIpc) is 2.83. The van der Waals surface area contributed by atoms with Crippen LogP contribution in [0.3, 0.4) is 0 Å². The van der Waals surface area contributed by atoms with Crippen LogP contribution in [0, 0.1) is 13.8 Å². The molecule has 0 radical (unpaired) electrons. The summed E-state index contributed by atoms with van der Waals surface area (Å²) in [7, 11) is 1.77. The normalized spacial score (nSPS) is 18.2. The minimum absolute atomic E-state index is 0.253. The van der Waals surface area contributed by atoms with E-state index < -0.39 is 0 Å². The summed E-state index contributed by atoms with van der Waals surface area (Å²) in [5.74, 6) is 0.860. The highest BCUT2D eigenvalue weighted by molar-refractivity contribution is 5.26. The van der Waals surface area contributed by atoms with Gasteiger partial charge in [0.15, 0.2) is 5.82 Å². The fourth-order valence-corrected chi connectivity index (χ4v) is 2.91. The van der Waals surface area contributed by atoms with Crippen molar-refractivity contribution >= 4 is 0 Å². The lowest BCUT2D eigenvalue weighted by molar-refractivity contribution is -0.0165.